The molecule has 0 atom stereocenters. The van der Waals surface area contributed by atoms with Crippen LogP contribution in [0.2, 0.25) is 0 Å². The van der Waals surface area contributed by atoms with Gasteiger partial charge < -0.3 is 9.80 Å². The van der Waals surface area contributed by atoms with E-state index in [1.54, 1.807) is 70.5 Å². The third kappa shape index (κ3) is 6.83. The Morgan fingerprint density at radius 3 is 1.08 bits per heavy atom. The maximum Gasteiger partial charge on any atom is 0.150 e. The van der Waals surface area contributed by atoms with Crippen LogP contribution in [0.3, 0.4) is 0 Å². The minimum atomic E-state index is -0.778. The average molecular weight is 867 g/mol. The maximum absolute atomic E-state index is 16.6. The molecule has 0 bridgehead atoms. The summed E-state index contributed by atoms with van der Waals surface area (Å²) in [5.74, 6) is -2.94. The van der Waals surface area contributed by atoms with Gasteiger partial charge in [0.25, 0.3) is 0 Å². The summed E-state index contributed by atoms with van der Waals surface area (Å²) in [4.78, 5) is 3.51. The first-order valence-electron chi connectivity index (χ1n) is 21.4. The summed E-state index contributed by atoms with van der Waals surface area (Å²) in [6.45, 7) is 7.59. The molecule has 0 N–H and O–H groups in total. The van der Waals surface area contributed by atoms with E-state index in [0.717, 1.165) is 66.7 Å². The SMILES string of the molecule is Cc1cccc(C)c1-c1cc(N(c2ccc(C#N)cc2)c2ccc3ccc4c(N(c5ccc(C#N)cc5)c5cc(-c6c(C)cccc6C)c(F)cc5F)ccc5ccc2c3c54)c(F)cc1F. The minimum Gasteiger partial charge on any atom is -0.307 e. The molecular formula is C58H38F4N4. The fraction of sp³-hybridized carbons (Fsp3) is 0.0690. The highest BCUT2D eigenvalue weighted by atomic mass is 19.1. The molecule has 10 aromatic carbocycles. The third-order valence-corrected chi connectivity index (χ3v) is 12.7. The van der Waals surface area contributed by atoms with Crippen molar-refractivity contribution in [1.82, 2.24) is 0 Å². The summed E-state index contributed by atoms with van der Waals surface area (Å²) in [6.07, 6.45) is 0. The van der Waals surface area contributed by atoms with E-state index in [1.807, 2.05) is 113 Å². The Bertz CT molecular complexity index is 3380. The Morgan fingerprint density at radius 2 is 0.727 bits per heavy atom. The van der Waals surface area contributed by atoms with Crippen molar-refractivity contribution >= 4 is 66.4 Å². The molecule has 0 fully saturated rings. The van der Waals surface area contributed by atoms with Crippen molar-refractivity contribution in [3.8, 4) is 34.4 Å². The van der Waals surface area contributed by atoms with Gasteiger partial charge in [-0.3, -0.25) is 0 Å². The predicted octanol–water partition coefficient (Wildman–Crippen LogP) is 16.4. The Morgan fingerprint density at radius 1 is 0.379 bits per heavy atom. The van der Waals surface area contributed by atoms with Gasteiger partial charge in [0.2, 0.25) is 0 Å². The van der Waals surface area contributed by atoms with E-state index < -0.39 is 23.3 Å². The van der Waals surface area contributed by atoms with Gasteiger partial charge in [-0.2, -0.15) is 10.5 Å². The molecule has 0 saturated carbocycles. The van der Waals surface area contributed by atoms with Gasteiger partial charge in [0.15, 0.2) is 0 Å². The zero-order valence-electron chi connectivity index (χ0n) is 36.3. The molecule has 10 aromatic rings. The topological polar surface area (TPSA) is 54.1 Å². The van der Waals surface area contributed by atoms with E-state index >= 15 is 17.6 Å². The van der Waals surface area contributed by atoms with Gasteiger partial charge in [-0.15, -0.1) is 0 Å². The second-order valence-corrected chi connectivity index (χ2v) is 16.7. The van der Waals surface area contributed by atoms with Crippen LogP contribution in [-0.4, -0.2) is 0 Å². The molecule has 0 spiro atoms. The highest BCUT2D eigenvalue weighted by Crippen LogP contribution is 2.49. The number of rotatable bonds is 8. The van der Waals surface area contributed by atoms with E-state index in [0.29, 0.717) is 45.0 Å². The van der Waals surface area contributed by atoms with E-state index in [1.165, 1.54) is 0 Å². The molecule has 4 nitrogen and oxygen atoms in total. The van der Waals surface area contributed by atoms with E-state index in [-0.39, 0.29) is 22.5 Å². The molecule has 0 unspecified atom stereocenters. The second kappa shape index (κ2) is 16.3. The molecule has 0 amide bonds. The number of hydrogen-bond donors (Lipinski definition) is 0. The van der Waals surface area contributed by atoms with Crippen molar-refractivity contribution in [3.63, 3.8) is 0 Å². The summed E-state index contributed by atoms with van der Waals surface area (Å²) in [7, 11) is 0. The third-order valence-electron chi connectivity index (χ3n) is 12.7. The number of nitriles is 2. The van der Waals surface area contributed by atoms with Gasteiger partial charge in [-0.25, -0.2) is 17.6 Å². The van der Waals surface area contributed by atoms with Crippen molar-refractivity contribution in [2.24, 2.45) is 0 Å². The lowest BCUT2D eigenvalue weighted by atomic mass is 9.91. The van der Waals surface area contributed by atoms with Gasteiger partial charge in [0.1, 0.15) is 23.3 Å². The Hall–Kier alpha value is -8.46. The van der Waals surface area contributed by atoms with Crippen LogP contribution in [0.1, 0.15) is 33.4 Å². The highest BCUT2D eigenvalue weighted by molar-refractivity contribution is 6.28. The van der Waals surface area contributed by atoms with E-state index in [9.17, 15) is 10.5 Å². The molecule has 66 heavy (non-hydrogen) atoms. The zero-order chi connectivity index (χ0) is 46.0. The highest BCUT2D eigenvalue weighted by Gasteiger charge is 2.27. The number of benzene rings is 10. The first-order chi connectivity index (χ1) is 31.9. The lowest BCUT2D eigenvalue weighted by Crippen LogP contribution is -2.14. The van der Waals surface area contributed by atoms with Gasteiger partial charge in [0, 0.05) is 45.4 Å². The summed E-state index contributed by atoms with van der Waals surface area (Å²) < 4.78 is 65.3. The maximum atomic E-state index is 16.6. The molecule has 0 aliphatic rings. The molecular weight excluding hydrogens is 829 g/mol. The van der Waals surface area contributed by atoms with Crippen molar-refractivity contribution in [1.29, 1.82) is 10.5 Å². The fourth-order valence-electron chi connectivity index (χ4n) is 9.63. The van der Waals surface area contributed by atoms with Crippen LogP contribution < -0.4 is 9.80 Å². The van der Waals surface area contributed by atoms with Crippen LogP contribution in [-0.2, 0) is 0 Å². The van der Waals surface area contributed by atoms with Crippen molar-refractivity contribution in [2.45, 2.75) is 27.7 Å². The van der Waals surface area contributed by atoms with Gasteiger partial charge in [-0.1, -0.05) is 72.8 Å². The Kier molecular flexibility index (Phi) is 10.2. The molecule has 0 radical (unpaired) electrons. The molecule has 318 valence electrons. The van der Waals surface area contributed by atoms with Crippen LogP contribution in [0.15, 0.2) is 158 Å². The largest absolute Gasteiger partial charge is 0.307 e. The predicted molar refractivity (Wildman–Crippen MR) is 259 cm³/mol. The van der Waals surface area contributed by atoms with Crippen LogP contribution in [0, 0.1) is 73.6 Å². The van der Waals surface area contributed by atoms with E-state index in [2.05, 4.69) is 12.1 Å². The van der Waals surface area contributed by atoms with Gasteiger partial charge >= 0.3 is 0 Å². The zero-order valence-corrected chi connectivity index (χ0v) is 36.3. The molecule has 0 saturated heterocycles. The number of anilines is 6. The molecule has 0 aliphatic heterocycles. The number of hydrogen-bond acceptors (Lipinski definition) is 4. The summed E-state index contributed by atoms with van der Waals surface area (Å²) >= 11 is 0. The lowest BCUT2D eigenvalue weighted by molar-refractivity contribution is 0.585. The summed E-state index contributed by atoms with van der Waals surface area (Å²) in [5, 5.41) is 24.4. The van der Waals surface area contributed by atoms with Gasteiger partial charge in [0.05, 0.1) is 46.0 Å². The molecule has 0 heterocycles. The standard InChI is InChI=1S/C58H38F4N4/c1-33-7-5-8-34(2)55(33)45-27-53(49(61)29-47(45)59)65(41-19-11-37(31-63)12-20-41)51-25-17-39-16-24-44-52(26-18-40-15-23-43(51)57(39)58(40)44)66(42-21-13-38(32-64)14-22-42)54-28-46(48(60)30-50(54)62)56-35(3)9-6-10-36(56)4/h5-30H,1-4H3. The number of aryl methyl sites for hydroxylation is 4. The molecule has 0 aliphatic carbocycles. The van der Waals surface area contributed by atoms with Crippen molar-refractivity contribution in [2.75, 3.05) is 9.80 Å². The quantitative estimate of drug-likeness (QED) is 0.113. The Labute approximate surface area is 379 Å². The average Bonchev–Trinajstić information content (AvgIpc) is 3.31. The van der Waals surface area contributed by atoms with Crippen LogP contribution >= 0.6 is 0 Å². The van der Waals surface area contributed by atoms with Crippen LogP contribution in [0.5, 0.6) is 0 Å². The first kappa shape index (κ1) is 41.5. The van der Waals surface area contributed by atoms with E-state index in [4.69, 9.17) is 0 Å². The van der Waals surface area contributed by atoms with Gasteiger partial charge in [-0.05, 0) is 155 Å². The normalized spacial score (nSPS) is 11.3. The smallest absolute Gasteiger partial charge is 0.150 e. The molecule has 8 heteroatoms. The summed E-state index contributed by atoms with van der Waals surface area (Å²) in [6, 6.07) is 50.0. The Balaban J connectivity index is 1.24. The fourth-order valence-corrected chi connectivity index (χ4v) is 9.63. The lowest BCUT2D eigenvalue weighted by Gasteiger charge is -2.30. The monoisotopic (exact) mass is 866 g/mol. The van der Waals surface area contributed by atoms with Crippen LogP contribution in [0.4, 0.5) is 51.7 Å². The molecule has 0 aromatic heterocycles. The first-order valence-corrected chi connectivity index (χ1v) is 21.4. The molecule has 10 rings (SSSR count). The number of nitrogens with zero attached hydrogens (tertiary/aromatic N) is 4. The van der Waals surface area contributed by atoms with Crippen LogP contribution in [0.25, 0.3) is 54.6 Å². The second-order valence-electron chi connectivity index (χ2n) is 16.7. The van der Waals surface area contributed by atoms with Crippen molar-refractivity contribution < 1.29 is 17.6 Å². The minimum absolute atomic E-state index is 0.105. The number of halogens is 4. The van der Waals surface area contributed by atoms with Crippen molar-refractivity contribution in [3.05, 3.63) is 214 Å². The summed E-state index contributed by atoms with van der Waals surface area (Å²) in [5.41, 5.74) is 8.52.